The molecule has 0 radical (unpaired) electrons. The van der Waals surface area contributed by atoms with Crippen LogP contribution in [0.2, 0.25) is 0 Å². The molecule has 0 aromatic heterocycles. The third-order valence-electron chi connectivity index (χ3n) is 3.37. The summed E-state index contributed by atoms with van der Waals surface area (Å²) in [6.45, 7) is 0.619. The van der Waals surface area contributed by atoms with E-state index in [1.54, 1.807) is 7.11 Å². The van der Waals surface area contributed by atoms with Crippen molar-refractivity contribution in [3.05, 3.63) is 60.2 Å². The standard InChI is InChI=1S/C17H22N2O2/c1-20-17-10-6-5-7-14(17)13-15(19-18)11-12-21-16-8-3-2-4-9-16/h2-10,15,19H,11-13,18H2,1H3. The summed E-state index contributed by atoms with van der Waals surface area (Å²) in [6, 6.07) is 17.9. The molecule has 4 nitrogen and oxygen atoms in total. The molecule has 0 heterocycles. The summed E-state index contributed by atoms with van der Waals surface area (Å²) in [5.41, 5.74) is 3.99. The van der Waals surface area contributed by atoms with Crippen LogP contribution in [0.15, 0.2) is 54.6 Å². The normalized spacial score (nSPS) is 11.9. The summed E-state index contributed by atoms with van der Waals surface area (Å²) in [5.74, 6) is 7.42. The second kappa shape index (κ2) is 8.29. The molecule has 2 aromatic carbocycles. The monoisotopic (exact) mass is 286 g/mol. The number of nitrogens with one attached hydrogen (secondary N) is 1. The van der Waals surface area contributed by atoms with Gasteiger partial charge in [-0.1, -0.05) is 36.4 Å². The summed E-state index contributed by atoms with van der Waals surface area (Å²) < 4.78 is 11.1. The van der Waals surface area contributed by atoms with Gasteiger partial charge in [0.1, 0.15) is 11.5 Å². The van der Waals surface area contributed by atoms with Crippen molar-refractivity contribution in [1.29, 1.82) is 0 Å². The van der Waals surface area contributed by atoms with Gasteiger partial charge in [0.05, 0.1) is 13.7 Å². The highest BCUT2D eigenvalue weighted by Gasteiger charge is 2.11. The molecule has 4 heteroatoms. The van der Waals surface area contributed by atoms with E-state index in [2.05, 4.69) is 11.5 Å². The quantitative estimate of drug-likeness (QED) is 0.578. The Hall–Kier alpha value is -2.04. The van der Waals surface area contributed by atoms with Gasteiger partial charge in [-0.2, -0.15) is 0 Å². The molecule has 1 atom stereocenters. The van der Waals surface area contributed by atoms with E-state index in [9.17, 15) is 0 Å². The molecule has 0 bridgehead atoms. The van der Waals surface area contributed by atoms with E-state index < -0.39 is 0 Å². The Kier molecular flexibility index (Phi) is 6.06. The van der Waals surface area contributed by atoms with Gasteiger partial charge in [-0.3, -0.25) is 11.3 Å². The lowest BCUT2D eigenvalue weighted by molar-refractivity contribution is 0.284. The summed E-state index contributed by atoms with van der Waals surface area (Å²) in [4.78, 5) is 0. The van der Waals surface area contributed by atoms with Crippen LogP contribution in [0.4, 0.5) is 0 Å². The lowest BCUT2D eigenvalue weighted by atomic mass is 10.0. The van der Waals surface area contributed by atoms with E-state index in [0.29, 0.717) is 6.61 Å². The fraction of sp³-hybridized carbons (Fsp3) is 0.294. The van der Waals surface area contributed by atoms with Crippen LogP contribution in [0.5, 0.6) is 11.5 Å². The number of benzene rings is 2. The van der Waals surface area contributed by atoms with Crippen molar-refractivity contribution in [2.24, 2.45) is 5.84 Å². The van der Waals surface area contributed by atoms with Crippen LogP contribution in [-0.4, -0.2) is 19.8 Å². The minimum absolute atomic E-state index is 0.144. The molecule has 2 rings (SSSR count). The Morgan fingerprint density at radius 2 is 1.76 bits per heavy atom. The summed E-state index contributed by atoms with van der Waals surface area (Å²) in [5, 5.41) is 0. The maximum absolute atomic E-state index is 5.71. The Morgan fingerprint density at radius 1 is 1.05 bits per heavy atom. The predicted octanol–water partition coefficient (Wildman–Crippen LogP) is 2.54. The molecular weight excluding hydrogens is 264 g/mol. The largest absolute Gasteiger partial charge is 0.496 e. The zero-order valence-corrected chi connectivity index (χ0v) is 12.3. The smallest absolute Gasteiger partial charge is 0.122 e. The predicted molar refractivity (Wildman–Crippen MR) is 84.4 cm³/mol. The molecule has 2 aromatic rings. The van der Waals surface area contributed by atoms with Crippen LogP contribution in [0.25, 0.3) is 0 Å². The third-order valence-corrected chi connectivity index (χ3v) is 3.37. The highest BCUT2D eigenvalue weighted by Crippen LogP contribution is 2.19. The molecule has 1 unspecified atom stereocenters. The topological polar surface area (TPSA) is 56.5 Å². The van der Waals surface area contributed by atoms with Crippen molar-refractivity contribution >= 4 is 0 Å². The molecule has 0 spiro atoms. The molecule has 112 valence electrons. The maximum atomic E-state index is 5.71. The van der Waals surface area contributed by atoms with Gasteiger partial charge < -0.3 is 9.47 Å². The first-order valence-electron chi connectivity index (χ1n) is 7.09. The molecule has 21 heavy (non-hydrogen) atoms. The van der Waals surface area contributed by atoms with Gasteiger partial charge in [0, 0.05) is 6.04 Å². The molecule has 0 aliphatic rings. The second-order valence-electron chi connectivity index (χ2n) is 4.83. The minimum Gasteiger partial charge on any atom is -0.496 e. The van der Waals surface area contributed by atoms with Crippen molar-refractivity contribution in [3.8, 4) is 11.5 Å². The molecule has 0 amide bonds. The number of hydrazine groups is 1. The lowest BCUT2D eigenvalue weighted by Crippen LogP contribution is -2.38. The molecule has 0 saturated heterocycles. The first kappa shape index (κ1) is 15.4. The van der Waals surface area contributed by atoms with Crippen molar-refractivity contribution in [2.75, 3.05) is 13.7 Å². The number of para-hydroxylation sites is 2. The van der Waals surface area contributed by atoms with Crippen LogP contribution < -0.4 is 20.7 Å². The fourth-order valence-electron chi connectivity index (χ4n) is 2.22. The molecule has 0 aliphatic heterocycles. The van der Waals surface area contributed by atoms with Gasteiger partial charge >= 0.3 is 0 Å². The molecule has 0 aliphatic carbocycles. The van der Waals surface area contributed by atoms with E-state index in [0.717, 1.165) is 29.9 Å². The van der Waals surface area contributed by atoms with E-state index in [1.165, 1.54) is 0 Å². The zero-order valence-electron chi connectivity index (χ0n) is 12.3. The van der Waals surface area contributed by atoms with E-state index in [-0.39, 0.29) is 6.04 Å². The maximum Gasteiger partial charge on any atom is 0.122 e. The number of nitrogens with two attached hydrogens (primary N) is 1. The fourth-order valence-corrected chi connectivity index (χ4v) is 2.22. The number of methoxy groups -OCH3 is 1. The van der Waals surface area contributed by atoms with Crippen molar-refractivity contribution in [3.63, 3.8) is 0 Å². The van der Waals surface area contributed by atoms with Gasteiger partial charge in [-0.15, -0.1) is 0 Å². The Labute approximate surface area is 125 Å². The average Bonchev–Trinajstić information content (AvgIpc) is 2.55. The van der Waals surface area contributed by atoms with Crippen molar-refractivity contribution in [1.82, 2.24) is 5.43 Å². The van der Waals surface area contributed by atoms with Crippen molar-refractivity contribution in [2.45, 2.75) is 18.9 Å². The van der Waals surface area contributed by atoms with Gasteiger partial charge in [0.15, 0.2) is 0 Å². The number of hydrogen-bond donors (Lipinski definition) is 2. The molecule has 0 fully saturated rings. The van der Waals surface area contributed by atoms with E-state index >= 15 is 0 Å². The summed E-state index contributed by atoms with van der Waals surface area (Å²) >= 11 is 0. The van der Waals surface area contributed by atoms with Gasteiger partial charge in [0.2, 0.25) is 0 Å². The van der Waals surface area contributed by atoms with Gasteiger partial charge in [-0.05, 0) is 36.6 Å². The number of rotatable bonds is 8. The Balaban J connectivity index is 1.85. The summed E-state index contributed by atoms with van der Waals surface area (Å²) in [7, 11) is 1.68. The number of hydrogen-bond acceptors (Lipinski definition) is 4. The van der Waals surface area contributed by atoms with E-state index in [1.807, 2.05) is 48.5 Å². The highest BCUT2D eigenvalue weighted by atomic mass is 16.5. The van der Waals surface area contributed by atoms with Crippen LogP contribution in [0.3, 0.4) is 0 Å². The Bertz CT molecular complexity index is 531. The second-order valence-corrected chi connectivity index (χ2v) is 4.83. The van der Waals surface area contributed by atoms with Gasteiger partial charge in [0.25, 0.3) is 0 Å². The van der Waals surface area contributed by atoms with E-state index in [4.69, 9.17) is 15.3 Å². The minimum atomic E-state index is 0.144. The summed E-state index contributed by atoms with van der Waals surface area (Å²) in [6.07, 6.45) is 1.63. The molecule has 3 N–H and O–H groups in total. The molecule has 0 saturated carbocycles. The average molecular weight is 286 g/mol. The highest BCUT2D eigenvalue weighted by molar-refractivity contribution is 5.33. The third kappa shape index (κ3) is 4.77. The lowest BCUT2D eigenvalue weighted by Gasteiger charge is -2.18. The molecular formula is C17H22N2O2. The number of ether oxygens (including phenoxy) is 2. The van der Waals surface area contributed by atoms with Crippen LogP contribution in [0, 0.1) is 0 Å². The zero-order chi connectivity index (χ0) is 14.9. The van der Waals surface area contributed by atoms with Crippen LogP contribution in [0.1, 0.15) is 12.0 Å². The van der Waals surface area contributed by atoms with Crippen molar-refractivity contribution < 1.29 is 9.47 Å². The van der Waals surface area contributed by atoms with Crippen LogP contribution >= 0.6 is 0 Å². The van der Waals surface area contributed by atoms with Gasteiger partial charge in [-0.25, -0.2) is 0 Å². The van der Waals surface area contributed by atoms with Crippen LogP contribution in [-0.2, 0) is 6.42 Å². The first-order valence-corrected chi connectivity index (χ1v) is 7.09. The SMILES string of the molecule is COc1ccccc1CC(CCOc1ccccc1)NN. The Morgan fingerprint density at radius 3 is 2.48 bits per heavy atom. The first-order chi connectivity index (χ1) is 10.3.